The molecule has 0 aromatic heterocycles. The highest BCUT2D eigenvalue weighted by Crippen LogP contribution is 2.37. The van der Waals surface area contributed by atoms with E-state index in [0.717, 1.165) is 6.07 Å². The highest BCUT2D eigenvalue weighted by Gasteiger charge is 2.30. The second-order valence-corrected chi connectivity index (χ2v) is 6.80. The fraction of sp³-hybridized carbons (Fsp3) is 0.0435. The van der Waals surface area contributed by atoms with Gasteiger partial charge in [0.05, 0.1) is 16.1 Å². The zero-order chi connectivity index (χ0) is 22.1. The third-order valence-corrected chi connectivity index (χ3v) is 4.62. The predicted molar refractivity (Wildman–Crippen MR) is 109 cm³/mol. The van der Waals surface area contributed by atoms with E-state index in [4.69, 9.17) is 9.47 Å². The Morgan fingerprint density at radius 2 is 1.87 bits per heavy atom. The molecular formula is C23H14FNO6. The molecule has 0 saturated heterocycles. The summed E-state index contributed by atoms with van der Waals surface area (Å²) in [6.07, 6.45) is 1.48. The predicted octanol–water partition coefficient (Wildman–Crippen LogP) is 4.88. The molecular weight excluding hydrogens is 405 g/mol. The van der Waals surface area contributed by atoms with Gasteiger partial charge in [0.2, 0.25) is 5.78 Å². The van der Waals surface area contributed by atoms with Crippen molar-refractivity contribution >= 4 is 23.5 Å². The fourth-order valence-electron chi connectivity index (χ4n) is 3.16. The number of ketones is 1. The van der Waals surface area contributed by atoms with Crippen molar-refractivity contribution in [3.8, 4) is 11.5 Å². The summed E-state index contributed by atoms with van der Waals surface area (Å²) in [6, 6.07) is 13.7. The standard InChI is InChI=1S/C23H14FNO6/c1-13-9-18(30-23(27)15-3-2-4-16(24)11-15)12-19-21(13)22(26)20(31-19)10-14-5-7-17(8-6-14)25(28)29/h2-12H,1H3/b20-10-. The van der Waals surface area contributed by atoms with E-state index in [1.165, 1.54) is 60.7 Å². The van der Waals surface area contributed by atoms with Crippen molar-refractivity contribution in [3.63, 3.8) is 0 Å². The zero-order valence-corrected chi connectivity index (χ0v) is 16.1. The maximum absolute atomic E-state index is 13.3. The molecule has 0 radical (unpaired) electrons. The van der Waals surface area contributed by atoms with Crippen LogP contribution in [0.25, 0.3) is 6.08 Å². The molecule has 0 spiro atoms. The highest BCUT2D eigenvalue weighted by atomic mass is 19.1. The topological polar surface area (TPSA) is 95.7 Å². The Morgan fingerprint density at radius 3 is 2.55 bits per heavy atom. The lowest BCUT2D eigenvalue weighted by atomic mass is 10.0. The van der Waals surface area contributed by atoms with E-state index in [0.29, 0.717) is 16.7 Å². The molecule has 3 aromatic carbocycles. The van der Waals surface area contributed by atoms with Crippen LogP contribution in [0.4, 0.5) is 10.1 Å². The third-order valence-electron chi connectivity index (χ3n) is 4.62. The summed E-state index contributed by atoms with van der Waals surface area (Å²) >= 11 is 0. The van der Waals surface area contributed by atoms with Gasteiger partial charge in [-0.3, -0.25) is 14.9 Å². The molecule has 0 unspecified atom stereocenters. The van der Waals surface area contributed by atoms with Crippen LogP contribution in [0, 0.1) is 22.9 Å². The maximum Gasteiger partial charge on any atom is 0.343 e. The van der Waals surface area contributed by atoms with E-state index < -0.39 is 16.7 Å². The first kappa shape index (κ1) is 20.0. The summed E-state index contributed by atoms with van der Waals surface area (Å²) in [6.45, 7) is 1.68. The van der Waals surface area contributed by atoms with Crippen LogP contribution in [0.1, 0.15) is 31.8 Å². The van der Waals surface area contributed by atoms with Gasteiger partial charge < -0.3 is 9.47 Å². The Balaban J connectivity index is 1.58. The van der Waals surface area contributed by atoms with Crippen LogP contribution in [-0.2, 0) is 0 Å². The SMILES string of the molecule is Cc1cc(OC(=O)c2cccc(F)c2)cc2c1C(=O)/C(=C/c1ccc([N+](=O)[O-])cc1)O2. The first-order valence-corrected chi connectivity index (χ1v) is 9.13. The molecule has 154 valence electrons. The van der Waals surface area contributed by atoms with Gasteiger partial charge in [-0.25, -0.2) is 9.18 Å². The summed E-state index contributed by atoms with van der Waals surface area (Å²) in [7, 11) is 0. The van der Waals surface area contributed by atoms with Gasteiger partial charge in [0.15, 0.2) is 5.76 Å². The average Bonchev–Trinajstić information content (AvgIpc) is 3.04. The molecule has 0 atom stereocenters. The van der Waals surface area contributed by atoms with Crippen LogP contribution in [0.2, 0.25) is 0 Å². The summed E-state index contributed by atoms with van der Waals surface area (Å²) in [4.78, 5) is 35.3. The number of halogens is 1. The molecule has 0 aliphatic carbocycles. The van der Waals surface area contributed by atoms with Gasteiger partial charge in [-0.15, -0.1) is 0 Å². The molecule has 0 bridgehead atoms. The number of esters is 1. The molecule has 1 heterocycles. The number of nitrogens with zero attached hydrogens (tertiary/aromatic N) is 1. The molecule has 0 saturated carbocycles. The number of benzene rings is 3. The minimum atomic E-state index is -0.746. The van der Waals surface area contributed by atoms with Gasteiger partial charge in [0.1, 0.15) is 17.3 Å². The number of carbonyl (C=O) groups is 2. The first-order valence-electron chi connectivity index (χ1n) is 9.13. The van der Waals surface area contributed by atoms with Crippen molar-refractivity contribution in [1.82, 2.24) is 0 Å². The number of nitro groups is 1. The van der Waals surface area contributed by atoms with E-state index in [1.54, 1.807) is 6.92 Å². The van der Waals surface area contributed by atoms with Crippen molar-refractivity contribution in [2.45, 2.75) is 6.92 Å². The van der Waals surface area contributed by atoms with Crippen LogP contribution >= 0.6 is 0 Å². The van der Waals surface area contributed by atoms with Crippen LogP contribution in [0.5, 0.6) is 11.5 Å². The summed E-state index contributed by atoms with van der Waals surface area (Å²) in [5.74, 6) is -1.25. The molecule has 1 aliphatic heterocycles. The lowest BCUT2D eigenvalue weighted by Gasteiger charge is -2.08. The number of nitro benzene ring substituents is 1. The van der Waals surface area contributed by atoms with E-state index in [-0.39, 0.29) is 34.3 Å². The molecule has 0 fully saturated rings. The van der Waals surface area contributed by atoms with Crippen molar-refractivity contribution in [1.29, 1.82) is 0 Å². The number of non-ortho nitro benzene ring substituents is 1. The van der Waals surface area contributed by atoms with E-state index in [1.807, 2.05) is 0 Å². The molecule has 0 N–H and O–H groups in total. The Morgan fingerprint density at radius 1 is 1.13 bits per heavy atom. The van der Waals surface area contributed by atoms with Gasteiger partial charge in [-0.05, 0) is 60.5 Å². The second kappa shape index (κ2) is 7.83. The highest BCUT2D eigenvalue weighted by molar-refractivity contribution is 6.15. The second-order valence-electron chi connectivity index (χ2n) is 6.80. The molecule has 8 heteroatoms. The van der Waals surface area contributed by atoms with Gasteiger partial charge in [-0.2, -0.15) is 0 Å². The van der Waals surface area contributed by atoms with Crippen LogP contribution in [0.15, 0.2) is 66.4 Å². The van der Waals surface area contributed by atoms with E-state index >= 15 is 0 Å². The molecule has 3 aromatic rings. The van der Waals surface area contributed by atoms with Crippen molar-refractivity contribution in [2.24, 2.45) is 0 Å². The zero-order valence-electron chi connectivity index (χ0n) is 16.1. The average molecular weight is 419 g/mol. The number of hydrogen-bond acceptors (Lipinski definition) is 6. The molecule has 1 aliphatic rings. The first-order chi connectivity index (χ1) is 14.8. The molecule has 31 heavy (non-hydrogen) atoms. The van der Waals surface area contributed by atoms with E-state index in [9.17, 15) is 24.1 Å². The Bertz CT molecular complexity index is 1260. The third kappa shape index (κ3) is 4.04. The number of Topliss-reactive ketones (excluding diaryl/α,β-unsaturated/α-hetero) is 1. The normalized spacial score (nSPS) is 13.6. The summed E-state index contributed by atoms with van der Waals surface area (Å²) in [5.41, 5.74) is 1.41. The summed E-state index contributed by atoms with van der Waals surface area (Å²) < 4.78 is 24.3. The number of hydrogen-bond donors (Lipinski definition) is 0. The smallest absolute Gasteiger partial charge is 0.343 e. The van der Waals surface area contributed by atoms with Crippen molar-refractivity contribution < 1.29 is 28.4 Å². The summed E-state index contributed by atoms with van der Waals surface area (Å²) in [5, 5.41) is 10.8. The van der Waals surface area contributed by atoms with Gasteiger partial charge in [0, 0.05) is 18.2 Å². The number of ether oxygens (including phenoxy) is 2. The van der Waals surface area contributed by atoms with Crippen LogP contribution in [0.3, 0.4) is 0 Å². The molecule has 0 amide bonds. The quantitative estimate of drug-likeness (QED) is 0.197. The monoisotopic (exact) mass is 419 g/mol. The van der Waals surface area contributed by atoms with Gasteiger partial charge in [0.25, 0.3) is 5.69 Å². The maximum atomic E-state index is 13.3. The van der Waals surface area contributed by atoms with Gasteiger partial charge >= 0.3 is 5.97 Å². The number of rotatable bonds is 4. The lowest BCUT2D eigenvalue weighted by Crippen LogP contribution is -2.09. The number of allylic oxidation sites excluding steroid dienone is 1. The molecule has 7 nitrogen and oxygen atoms in total. The number of carbonyl (C=O) groups excluding carboxylic acids is 2. The lowest BCUT2D eigenvalue weighted by molar-refractivity contribution is -0.384. The largest absolute Gasteiger partial charge is 0.452 e. The fourth-order valence-corrected chi connectivity index (χ4v) is 3.16. The minimum Gasteiger partial charge on any atom is -0.452 e. The Kier molecular flexibility index (Phi) is 5.04. The molecule has 4 rings (SSSR count). The number of aryl methyl sites for hydroxylation is 1. The Labute approximate surface area is 175 Å². The van der Waals surface area contributed by atoms with Crippen molar-refractivity contribution in [2.75, 3.05) is 0 Å². The number of fused-ring (bicyclic) bond motifs is 1. The van der Waals surface area contributed by atoms with Crippen LogP contribution < -0.4 is 9.47 Å². The minimum absolute atomic E-state index is 0.0422. The Hall–Kier alpha value is -4.33. The van der Waals surface area contributed by atoms with Crippen LogP contribution in [-0.4, -0.2) is 16.7 Å². The van der Waals surface area contributed by atoms with Crippen molar-refractivity contribution in [3.05, 3.63) is 105 Å². The van der Waals surface area contributed by atoms with E-state index in [2.05, 4.69) is 0 Å². The van der Waals surface area contributed by atoms with Gasteiger partial charge in [-0.1, -0.05) is 6.07 Å².